The summed E-state index contributed by atoms with van der Waals surface area (Å²) in [5.74, 6) is 2.87. The minimum absolute atomic E-state index is 0.0510. The van der Waals surface area contributed by atoms with Crippen LogP contribution in [0, 0.1) is 0 Å². The molecule has 118 valence electrons. The molecule has 0 aromatic heterocycles. The molecule has 5 rings (SSSR count). The zero-order valence-corrected chi connectivity index (χ0v) is 14.1. The zero-order chi connectivity index (χ0) is 16.5. The topological polar surface area (TPSA) is 18.5 Å². The molecule has 2 nitrogen and oxygen atoms in total. The lowest BCUT2D eigenvalue weighted by molar-refractivity contribution is 0.360. The van der Waals surface area contributed by atoms with Gasteiger partial charge in [-0.3, -0.25) is 0 Å². The van der Waals surface area contributed by atoms with Crippen LogP contribution in [0.2, 0.25) is 5.02 Å². The molecule has 1 aliphatic carbocycles. The van der Waals surface area contributed by atoms with Crippen LogP contribution in [0.5, 0.6) is 23.0 Å². The molecule has 2 aliphatic rings. The van der Waals surface area contributed by atoms with E-state index < -0.39 is 0 Å². The Morgan fingerprint density at radius 3 is 2.46 bits per heavy atom. The summed E-state index contributed by atoms with van der Waals surface area (Å²) in [6.45, 7) is 4.50. The third-order valence-electron chi connectivity index (χ3n) is 5.00. The third-order valence-corrected chi connectivity index (χ3v) is 5.24. The Morgan fingerprint density at radius 1 is 0.792 bits per heavy atom. The van der Waals surface area contributed by atoms with Crippen molar-refractivity contribution in [2.45, 2.75) is 19.3 Å². The summed E-state index contributed by atoms with van der Waals surface area (Å²) in [7, 11) is 0. The van der Waals surface area contributed by atoms with Crippen molar-refractivity contribution >= 4 is 11.6 Å². The minimum atomic E-state index is -0.0510. The molecule has 0 bridgehead atoms. The number of fused-ring (bicyclic) bond motifs is 6. The summed E-state index contributed by atoms with van der Waals surface area (Å²) < 4.78 is 12.3. The van der Waals surface area contributed by atoms with Gasteiger partial charge in [-0.05, 0) is 34.9 Å². The van der Waals surface area contributed by atoms with Crippen molar-refractivity contribution in [1.82, 2.24) is 0 Å². The molecule has 0 fully saturated rings. The van der Waals surface area contributed by atoms with Gasteiger partial charge in [0.25, 0.3) is 0 Å². The van der Waals surface area contributed by atoms with Crippen LogP contribution in [0.25, 0.3) is 11.1 Å². The Balaban J connectivity index is 1.77. The van der Waals surface area contributed by atoms with Gasteiger partial charge in [-0.15, -0.1) is 0 Å². The van der Waals surface area contributed by atoms with Crippen LogP contribution < -0.4 is 9.47 Å². The average molecular weight is 335 g/mol. The summed E-state index contributed by atoms with van der Waals surface area (Å²) in [4.78, 5) is 0. The van der Waals surface area contributed by atoms with Crippen molar-refractivity contribution in [3.63, 3.8) is 0 Å². The molecule has 0 spiro atoms. The highest BCUT2D eigenvalue weighted by Crippen LogP contribution is 2.58. The normalized spacial score (nSPS) is 15.5. The van der Waals surface area contributed by atoms with Gasteiger partial charge in [0.1, 0.15) is 0 Å². The van der Waals surface area contributed by atoms with E-state index in [0.29, 0.717) is 16.5 Å². The van der Waals surface area contributed by atoms with Gasteiger partial charge in [-0.25, -0.2) is 0 Å². The number of ether oxygens (including phenoxy) is 2. The molecule has 24 heavy (non-hydrogen) atoms. The molecular formula is C21H15ClO2. The van der Waals surface area contributed by atoms with E-state index in [2.05, 4.69) is 44.2 Å². The fourth-order valence-corrected chi connectivity index (χ4v) is 3.96. The molecule has 0 unspecified atom stereocenters. The summed E-state index contributed by atoms with van der Waals surface area (Å²) in [6, 6.07) is 18.1. The van der Waals surface area contributed by atoms with E-state index in [0.717, 1.165) is 17.1 Å². The van der Waals surface area contributed by atoms with E-state index in [1.807, 2.05) is 18.2 Å². The lowest BCUT2D eigenvalue weighted by atomic mass is 9.82. The van der Waals surface area contributed by atoms with E-state index in [1.165, 1.54) is 16.7 Å². The number of hydrogen-bond acceptors (Lipinski definition) is 2. The molecule has 3 aromatic carbocycles. The first kappa shape index (κ1) is 13.9. The van der Waals surface area contributed by atoms with E-state index in [4.69, 9.17) is 21.1 Å². The first-order valence-corrected chi connectivity index (χ1v) is 8.36. The van der Waals surface area contributed by atoms with Crippen molar-refractivity contribution < 1.29 is 9.47 Å². The smallest absolute Gasteiger partial charge is 0.178 e. The van der Waals surface area contributed by atoms with E-state index in [-0.39, 0.29) is 5.41 Å². The molecule has 0 radical (unpaired) electrons. The second-order valence-electron chi connectivity index (χ2n) is 6.78. The molecule has 1 aliphatic heterocycles. The van der Waals surface area contributed by atoms with Crippen LogP contribution in [-0.4, -0.2) is 0 Å². The van der Waals surface area contributed by atoms with Crippen LogP contribution in [-0.2, 0) is 5.41 Å². The van der Waals surface area contributed by atoms with Gasteiger partial charge >= 0.3 is 0 Å². The summed E-state index contributed by atoms with van der Waals surface area (Å²) in [5, 5.41) is 0.633. The molecule has 3 heteroatoms. The maximum atomic E-state index is 6.24. The number of hydrogen-bond donors (Lipinski definition) is 0. The highest BCUT2D eigenvalue weighted by atomic mass is 35.5. The lowest BCUT2D eigenvalue weighted by Crippen LogP contribution is -2.15. The molecule has 0 atom stereocenters. The first-order chi connectivity index (χ1) is 11.6. The molecule has 0 N–H and O–H groups in total. The van der Waals surface area contributed by atoms with Gasteiger partial charge in [0, 0.05) is 22.1 Å². The Bertz CT molecular complexity index is 1000. The molecule has 3 aromatic rings. The van der Waals surface area contributed by atoms with E-state index in [9.17, 15) is 0 Å². The zero-order valence-electron chi connectivity index (χ0n) is 13.4. The summed E-state index contributed by atoms with van der Waals surface area (Å²) >= 11 is 6.07. The summed E-state index contributed by atoms with van der Waals surface area (Å²) in [5.41, 5.74) is 4.89. The molecular weight excluding hydrogens is 320 g/mol. The van der Waals surface area contributed by atoms with Crippen molar-refractivity contribution in [3.05, 3.63) is 70.7 Å². The predicted molar refractivity (Wildman–Crippen MR) is 95.6 cm³/mol. The Hall–Kier alpha value is -2.45. The van der Waals surface area contributed by atoms with Crippen molar-refractivity contribution in [3.8, 4) is 34.1 Å². The van der Waals surface area contributed by atoms with Crippen LogP contribution in [0.1, 0.15) is 25.0 Å². The van der Waals surface area contributed by atoms with E-state index >= 15 is 0 Å². The SMILES string of the molecule is CC1(C)c2ccccc2-c2c1ccc1c2Oc2ccc(Cl)cc2O1. The van der Waals surface area contributed by atoms with Crippen LogP contribution >= 0.6 is 11.6 Å². The first-order valence-electron chi connectivity index (χ1n) is 7.98. The van der Waals surface area contributed by atoms with Crippen molar-refractivity contribution in [2.75, 3.05) is 0 Å². The Morgan fingerprint density at radius 2 is 1.58 bits per heavy atom. The van der Waals surface area contributed by atoms with Gasteiger partial charge in [-0.2, -0.15) is 0 Å². The largest absolute Gasteiger partial charge is 0.449 e. The predicted octanol–water partition coefficient (Wildman–Crippen LogP) is 6.54. The highest BCUT2D eigenvalue weighted by molar-refractivity contribution is 6.30. The number of rotatable bonds is 0. The molecule has 0 saturated heterocycles. The third kappa shape index (κ3) is 1.72. The van der Waals surface area contributed by atoms with Crippen LogP contribution in [0.3, 0.4) is 0 Å². The van der Waals surface area contributed by atoms with Crippen molar-refractivity contribution in [2.24, 2.45) is 0 Å². The number of benzene rings is 3. The minimum Gasteiger partial charge on any atom is -0.449 e. The van der Waals surface area contributed by atoms with Gasteiger partial charge in [0.2, 0.25) is 0 Å². The molecule has 1 heterocycles. The summed E-state index contributed by atoms with van der Waals surface area (Å²) in [6.07, 6.45) is 0. The van der Waals surface area contributed by atoms with Crippen LogP contribution in [0.15, 0.2) is 54.6 Å². The van der Waals surface area contributed by atoms with E-state index in [1.54, 1.807) is 6.07 Å². The second kappa shape index (κ2) is 4.55. The fourth-order valence-electron chi connectivity index (χ4n) is 3.80. The highest BCUT2D eigenvalue weighted by Gasteiger charge is 2.39. The Labute approximate surface area is 145 Å². The average Bonchev–Trinajstić information content (AvgIpc) is 2.81. The maximum absolute atomic E-state index is 6.24. The standard InChI is InChI=1S/C21H15ClO2/c1-21(2)14-6-4-3-5-13(14)19-15(21)8-10-17-20(19)24-16-9-7-12(22)11-18(16)23-17/h3-11H,1-2H3. The van der Waals surface area contributed by atoms with Gasteiger partial charge in [-0.1, -0.05) is 55.8 Å². The molecule has 0 saturated carbocycles. The lowest BCUT2D eigenvalue weighted by Gasteiger charge is -2.25. The maximum Gasteiger partial charge on any atom is 0.178 e. The number of halogens is 1. The van der Waals surface area contributed by atoms with Gasteiger partial charge < -0.3 is 9.47 Å². The quantitative estimate of drug-likeness (QED) is 0.363. The van der Waals surface area contributed by atoms with Gasteiger partial charge in [0.15, 0.2) is 23.0 Å². The molecule has 0 amide bonds. The van der Waals surface area contributed by atoms with Crippen molar-refractivity contribution in [1.29, 1.82) is 0 Å². The monoisotopic (exact) mass is 334 g/mol. The fraction of sp³-hybridized carbons (Fsp3) is 0.143. The second-order valence-corrected chi connectivity index (χ2v) is 7.22. The Kier molecular flexibility index (Phi) is 2.64. The van der Waals surface area contributed by atoms with Crippen LogP contribution in [0.4, 0.5) is 0 Å². The van der Waals surface area contributed by atoms with Gasteiger partial charge in [0.05, 0.1) is 0 Å².